The largest absolute Gasteiger partial charge is 0.507 e. The first-order valence-corrected chi connectivity index (χ1v) is 10.8. The standard InChI is InChI=1S/C26H25FN4O2/c1-15(20-12-18-6-8-26(2,31-18)25(20)27)21-13-30-22(14-29-21)19-5-4-16(10-23(19)32)17-7-9-28-24(11-17)33-3/h4-11,13-14,18,20,25,31-32H,1,12H2,2-3H3/t18?,20-,25+,26-/m0/s1. The van der Waals surface area contributed by atoms with Gasteiger partial charge in [-0.25, -0.2) is 9.37 Å². The Morgan fingerprint density at radius 2 is 2.00 bits per heavy atom. The first kappa shape index (κ1) is 21.3. The molecule has 0 spiro atoms. The summed E-state index contributed by atoms with van der Waals surface area (Å²) in [5.74, 6) is 0.253. The number of methoxy groups -OCH3 is 1. The van der Waals surface area contributed by atoms with E-state index < -0.39 is 11.7 Å². The number of fused-ring (bicyclic) bond motifs is 2. The first-order valence-electron chi connectivity index (χ1n) is 10.8. The Kier molecular flexibility index (Phi) is 5.21. The van der Waals surface area contributed by atoms with Gasteiger partial charge in [0, 0.05) is 29.8 Å². The number of halogens is 1. The predicted octanol–water partition coefficient (Wildman–Crippen LogP) is 4.58. The second kappa shape index (κ2) is 8.08. The highest BCUT2D eigenvalue weighted by atomic mass is 19.1. The Morgan fingerprint density at radius 3 is 2.73 bits per heavy atom. The molecule has 4 heterocycles. The quantitative estimate of drug-likeness (QED) is 0.561. The normalized spacial score (nSPS) is 25.7. The fraction of sp³-hybridized carbons (Fsp3) is 0.269. The number of piperidine rings is 1. The zero-order chi connectivity index (χ0) is 23.2. The van der Waals surface area contributed by atoms with Crippen LogP contribution in [-0.4, -0.2) is 44.9 Å². The van der Waals surface area contributed by atoms with Gasteiger partial charge in [0.15, 0.2) is 0 Å². The molecule has 6 nitrogen and oxygen atoms in total. The van der Waals surface area contributed by atoms with Gasteiger partial charge in [-0.15, -0.1) is 0 Å². The molecule has 3 aromatic rings. The van der Waals surface area contributed by atoms with Crippen molar-refractivity contribution in [1.82, 2.24) is 20.3 Å². The topological polar surface area (TPSA) is 80.2 Å². The van der Waals surface area contributed by atoms with Crippen molar-refractivity contribution in [2.45, 2.75) is 31.1 Å². The van der Waals surface area contributed by atoms with Gasteiger partial charge in [0.25, 0.3) is 0 Å². The lowest BCUT2D eigenvalue weighted by Crippen LogP contribution is -2.56. The number of aromatic hydroxyl groups is 1. The van der Waals surface area contributed by atoms with Crippen LogP contribution in [0.3, 0.4) is 0 Å². The van der Waals surface area contributed by atoms with Gasteiger partial charge in [0.05, 0.1) is 36.4 Å². The van der Waals surface area contributed by atoms with E-state index in [1.807, 2.05) is 31.2 Å². The molecule has 0 radical (unpaired) electrons. The molecule has 168 valence electrons. The Morgan fingerprint density at radius 1 is 1.18 bits per heavy atom. The van der Waals surface area contributed by atoms with Crippen LogP contribution in [0.1, 0.15) is 19.0 Å². The molecule has 2 aliphatic rings. The van der Waals surface area contributed by atoms with Crippen LogP contribution >= 0.6 is 0 Å². The van der Waals surface area contributed by atoms with E-state index in [0.717, 1.165) is 11.1 Å². The molecule has 0 amide bonds. The van der Waals surface area contributed by atoms with Gasteiger partial charge < -0.3 is 9.84 Å². The molecule has 2 aliphatic heterocycles. The molecule has 1 unspecified atom stereocenters. The SMILES string of the molecule is C=C(c1cnc(-c2ccc(-c3ccnc(OC)c3)cc2O)cn1)[C@@H]1CC2C=C[C@](C)(N2)[C@@H]1F. The minimum absolute atomic E-state index is 0.0851. The van der Waals surface area contributed by atoms with Crippen LogP contribution in [0.4, 0.5) is 4.39 Å². The van der Waals surface area contributed by atoms with E-state index in [9.17, 15) is 5.11 Å². The average molecular weight is 445 g/mol. The smallest absolute Gasteiger partial charge is 0.213 e. The zero-order valence-corrected chi connectivity index (χ0v) is 18.5. The van der Waals surface area contributed by atoms with Crippen LogP contribution in [0.25, 0.3) is 28.0 Å². The lowest BCUT2D eigenvalue weighted by molar-refractivity contribution is 0.120. The molecule has 1 saturated heterocycles. The number of hydrogen-bond donors (Lipinski definition) is 2. The van der Waals surface area contributed by atoms with Crippen LogP contribution in [0.2, 0.25) is 0 Å². The summed E-state index contributed by atoms with van der Waals surface area (Å²) < 4.78 is 20.4. The van der Waals surface area contributed by atoms with E-state index in [1.165, 1.54) is 0 Å². The van der Waals surface area contributed by atoms with Crippen molar-refractivity contribution < 1.29 is 14.2 Å². The molecule has 7 heteroatoms. The van der Waals surface area contributed by atoms with Crippen molar-refractivity contribution in [1.29, 1.82) is 0 Å². The van der Waals surface area contributed by atoms with Gasteiger partial charge in [0.1, 0.15) is 11.9 Å². The number of phenols is 1. The van der Waals surface area contributed by atoms with E-state index in [-0.39, 0.29) is 17.7 Å². The maximum Gasteiger partial charge on any atom is 0.213 e. The van der Waals surface area contributed by atoms with Crippen molar-refractivity contribution in [3.8, 4) is 34.0 Å². The summed E-state index contributed by atoms with van der Waals surface area (Å²) in [6, 6.07) is 9.15. The number of phenolic OH excluding ortho intramolecular Hbond substituents is 1. The van der Waals surface area contributed by atoms with Gasteiger partial charge in [-0.05, 0) is 48.2 Å². The van der Waals surface area contributed by atoms with Crippen LogP contribution in [0.15, 0.2) is 67.7 Å². The Bertz CT molecular complexity index is 1240. The van der Waals surface area contributed by atoms with E-state index >= 15 is 4.39 Å². The Balaban J connectivity index is 1.37. The van der Waals surface area contributed by atoms with Gasteiger partial charge in [0.2, 0.25) is 5.88 Å². The van der Waals surface area contributed by atoms with Crippen molar-refractivity contribution in [2.24, 2.45) is 5.92 Å². The third-order valence-electron chi connectivity index (χ3n) is 6.58. The average Bonchev–Trinajstić information content (AvgIpc) is 3.18. The molecule has 2 N–H and O–H groups in total. The van der Waals surface area contributed by atoms with E-state index in [2.05, 4.69) is 26.8 Å². The third kappa shape index (κ3) is 3.78. The maximum atomic E-state index is 15.2. The molecule has 33 heavy (non-hydrogen) atoms. The molecule has 1 fully saturated rings. The second-order valence-corrected chi connectivity index (χ2v) is 8.77. The highest BCUT2D eigenvalue weighted by Crippen LogP contribution is 2.42. The monoisotopic (exact) mass is 444 g/mol. The number of hydrogen-bond acceptors (Lipinski definition) is 6. The van der Waals surface area contributed by atoms with E-state index in [1.54, 1.807) is 43.9 Å². The Labute approximate surface area is 191 Å². The van der Waals surface area contributed by atoms with Crippen molar-refractivity contribution in [3.63, 3.8) is 0 Å². The number of nitrogens with one attached hydrogen (secondary N) is 1. The highest BCUT2D eigenvalue weighted by molar-refractivity contribution is 5.74. The van der Waals surface area contributed by atoms with Gasteiger partial charge in [-0.3, -0.25) is 15.3 Å². The van der Waals surface area contributed by atoms with Crippen LogP contribution in [0.5, 0.6) is 11.6 Å². The third-order valence-corrected chi connectivity index (χ3v) is 6.58. The van der Waals surface area contributed by atoms with E-state index in [0.29, 0.717) is 34.8 Å². The summed E-state index contributed by atoms with van der Waals surface area (Å²) >= 11 is 0. The zero-order valence-electron chi connectivity index (χ0n) is 18.5. The number of allylic oxidation sites excluding steroid dienone is 1. The molecule has 0 aliphatic carbocycles. The minimum Gasteiger partial charge on any atom is -0.507 e. The fourth-order valence-corrected chi connectivity index (χ4v) is 4.70. The maximum absolute atomic E-state index is 15.2. The lowest BCUT2D eigenvalue weighted by atomic mass is 9.78. The predicted molar refractivity (Wildman–Crippen MR) is 125 cm³/mol. The number of ether oxygens (including phenoxy) is 1. The number of alkyl halides is 1. The summed E-state index contributed by atoms with van der Waals surface area (Å²) in [5, 5.41) is 14.0. The van der Waals surface area contributed by atoms with Crippen molar-refractivity contribution in [3.05, 3.63) is 73.3 Å². The molecule has 2 bridgehead atoms. The number of pyridine rings is 1. The highest BCUT2D eigenvalue weighted by Gasteiger charge is 2.48. The summed E-state index contributed by atoms with van der Waals surface area (Å²) in [6.07, 6.45) is 8.34. The first-order chi connectivity index (χ1) is 15.9. The molecule has 1 aromatic carbocycles. The number of aromatic nitrogens is 3. The molecular formula is C26H25FN4O2. The summed E-state index contributed by atoms with van der Waals surface area (Å²) in [7, 11) is 1.56. The van der Waals surface area contributed by atoms with Crippen LogP contribution < -0.4 is 10.1 Å². The van der Waals surface area contributed by atoms with Crippen LogP contribution in [0, 0.1) is 5.92 Å². The van der Waals surface area contributed by atoms with Crippen molar-refractivity contribution in [2.75, 3.05) is 7.11 Å². The summed E-state index contributed by atoms with van der Waals surface area (Å²) in [4.78, 5) is 13.1. The minimum atomic E-state index is -1.09. The van der Waals surface area contributed by atoms with Gasteiger partial charge >= 0.3 is 0 Å². The number of rotatable bonds is 5. The van der Waals surface area contributed by atoms with Crippen LogP contribution in [-0.2, 0) is 0 Å². The summed E-state index contributed by atoms with van der Waals surface area (Å²) in [5.41, 5.74) is 3.33. The van der Waals surface area contributed by atoms with Gasteiger partial charge in [-0.1, -0.05) is 24.8 Å². The fourth-order valence-electron chi connectivity index (χ4n) is 4.70. The molecule has 2 aromatic heterocycles. The molecular weight excluding hydrogens is 419 g/mol. The van der Waals surface area contributed by atoms with Crippen molar-refractivity contribution >= 4 is 5.57 Å². The Hall–Kier alpha value is -3.58. The van der Waals surface area contributed by atoms with E-state index in [4.69, 9.17) is 4.74 Å². The molecule has 0 saturated carbocycles. The lowest BCUT2D eigenvalue weighted by Gasteiger charge is -2.40. The summed E-state index contributed by atoms with van der Waals surface area (Å²) in [6.45, 7) is 6.02. The van der Waals surface area contributed by atoms with Gasteiger partial charge in [-0.2, -0.15) is 0 Å². The molecule has 4 atom stereocenters. The number of nitrogens with zero attached hydrogens (tertiary/aromatic N) is 3. The number of benzene rings is 1. The second-order valence-electron chi connectivity index (χ2n) is 8.77. The molecule has 5 rings (SSSR count).